The van der Waals surface area contributed by atoms with Crippen LogP contribution in [0.15, 0.2) is 41.3 Å². The molecule has 0 saturated carbocycles. The van der Waals surface area contributed by atoms with E-state index in [9.17, 15) is 5.11 Å². The van der Waals surface area contributed by atoms with Gasteiger partial charge >= 0.3 is 0 Å². The van der Waals surface area contributed by atoms with Crippen molar-refractivity contribution in [1.29, 1.82) is 0 Å². The molecule has 2 rings (SSSR count). The standard InChI is InChI=1S/C12H14OS/c1-8(2)12(13)11-7-9-5-3-4-6-10(9)14-11/h3-6,11-13H,1,7H2,2H3. The molecule has 0 fully saturated rings. The molecule has 0 aliphatic carbocycles. The van der Waals surface area contributed by atoms with Gasteiger partial charge in [-0.2, -0.15) is 0 Å². The van der Waals surface area contributed by atoms with Crippen LogP contribution in [0.5, 0.6) is 0 Å². The molecule has 0 amide bonds. The van der Waals surface area contributed by atoms with Crippen LogP contribution in [-0.4, -0.2) is 16.5 Å². The highest BCUT2D eigenvalue weighted by atomic mass is 32.2. The molecular formula is C12H14OS. The largest absolute Gasteiger partial charge is 0.388 e. The number of hydrogen-bond donors (Lipinski definition) is 1. The quantitative estimate of drug-likeness (QED) is 0.751. The summed E-state index contributed by atoms with van der Waals surface area (Å²) in [5, 5.41) is 10.1. The Morgan fingerprint density at radius 1 is 1.57 bits per heavy atom. The summed E-state index contributed by atoms with van der Waals surface area (Å²) in [6.45, 7) is 5.68. The molecule has 0 spiro atoms. The second kappa shape index (κ2) is 3.79. The van der Waals surface area contributed by atoms with Crippen LogP contribution in [0.2, 0.25) is 0 Å². The van der Waals surface area contributed by atoms with E-state index in [2.05, 4.69) is 24.8 Å². The molecule has 2 unspecified atom stereocenters. The Kier molecular flexibility index (Phi) is 2.66. The van der Waals surface area contributed by atoms with E-state index in [1.54, 1.807) is 11.8 Å². The number of aliphatic hydroxyl groups excluding tert-OH is 1. The summed E-state index contributed by atoms with van der Waals surface area (Å²) in [4.78, 5) is 1.30. The van der Waals surface area contributed by atoms with Crippen LogP contribution >= 0.6 is 11.8 Å². The van der Waals surface area contributed by atoms with E-state index in [1.807, 2.05) is 13.0 Å². The van der Waals surface area contributed by atoms with Crippen molar-refractivity contribution < 1.29 is 5.11 Å². The third-order valence-electron chi connectivity index (χ3n) is 2.53. The fourth-order valence-corrected chi connectivity index (χ4v) is 3.11. The van der Waals surface area contributed by atoms with Crippen LogP contribution in [0.25, 0.3) is 0 Å². The van der Waals surface area contributed by atoms with Crippen molar-refractivity contribution >= 4 is 11.8 Å². The van der Waals surface area contributed by atoms with E-state index in [0.29, 0.717) is 0 Å². The average molecular weight is 206 g/mol. The van der Waals surface area contributed by atoms with Crippen molar-refractivity contribution in [2.24, 2.45) is 0 Å². The molecule has 0 bridgehead atoms. The molecule has 1 aromatic rings. The Morgan fingerprint density at radius 2 is 2.29 bits per heavy atom. The predicted molar refractivity (Wildman–Crippen MR) is 60.6 cm³/mol. The topological polar surface area (TPSA) is 20.2 Å². The highest BCUT2D eigenvalue weighted by molar-refractivity contribution is 8.00. The van der Waals surface area contributed by atoms with Gasteiger partial charge in [-0.1, -0.05) is 30.4 Å². The Hall–Kier alpha value is -0.730. The normalized spacial score (nSPS) is 21.7. The van der Waals surface area contributed by atoms with Gasteiger partial charge < -0.3 is 5.11 Å². The molecule has 2 heteroatoms. The molecule has 74 valence electrons. The average Bonchev–Trinajstić information content (AvgIpc) is 2.59. The van der Waals surface area contributed by atoms with Crippen LogP contribution in [0.3, 0.4) is 0 Å². The summed E-state index contributed by atoms with van der Waals surface area (Å²) in [6.07, 6.45) is 0.571. The minimum atomic E-state index is -0.382. The van der Waals surface area contributed by atoms with Crippen LogP contribution in [0.4, 0.5) is 0 Å². The van der Waals surface area contributed by atoms with Crippen molar-refractivity contribution in [3.8, 4) is 0 Å². The van der Waals surface area contributed by atoms with Gasteiger partial charge in [0, 0.05) is 10.1 Å². The number of benzene rings is 1. The maximum absolute atomic E-state index is 9.88. The number of thioether (sulfide) groups is 1. The Balaban J connectivity index is 2.15. The van der Waals surface area contributed by atoms with Crippen molar-refractivity contribution in [2.75, 3.05) is 0 Å². The van der Waals surface area contributed by atoms with Crippen molar-refractivity contribution in [3.05, 3.63) is 42.0 Å². The third-order valence-corrected chi connectivity index (χ3v) is 3.91. The number of aliphatic hydroxyl groups is 1. The molecule has 2 atom stereocenters. The summed E-state index contributed by atoms with van der Waals surface area (Å²) >= 11 is 1.76. The summed E-state index contributed by atoms with van der Waals surface area (Å²) < 4.78 is 0. The first-order chi connectivity index (χ1) is 6.68. The zero-order chi connectivity index (χ0) is 10.1. The zero-order valence-corrected chi connectivity index (χ0v) is 9.05. The van der Waals surface area contributed by atoms with Crippen molar-refractivity contribution in [3.63, 3.8) is 0 Å². The lowest BCUT2D eigenvalue weighted by Gasteiger charge is -2.16. The maximum Gasteiger partial charge on any atom is 0.0870 e. The lowest BCUT2D eigenvalue weighted by molar-refractivity contribution is 0.208. The first-order valence-electron chi connectivity index (χ1n) is 4.76. The van der Waals surface area contributed by atoms with E-state index in [4.69, 9.17) is 0 Å². The lowest BCUT2D eigenvalue weighted by atomic mass is 10.0. The van der Waals surface area contributed by atoms with Gasteiger partial charge in [-0.3, -0.25) is 0 Å². The molecule has 0 radical (unpaired) electrons. The Labute approximate surface area is 88.8 Å². The molecule has 1 aromatic carbocycles. The van der Waals surface area contributed by atoms with E-state index < -0.39 is 0 Å². The van der Waals surface area contributed by atoms with E-state index >= 15 is 0 Å². The van der Waals surface area contributed by atoms with Crippen molar-refractivity contribution in [1.82, 2.24) is 0 Å². The Bertz CT molecular complexity index is 334. The summed E-state index contributed by atoms with van der Waals surface area (Å²) in [6, 6.07) is 8.34. The van der Waals surface area contributed by atoms with Crippen LogP contribution in [-0.2, 0) is 6.42 Å². The fraction of sp³-hybridized carbons (Fsp3) is 0.333. The number of fused-ring (bicyclic) bond motifs is 1. The molecule has 0 saturated heterocycles. The van der Waals surface area contributed by atoms with E-state index in [-0.39, 0.29) is 11.4 Å². The second-order valence-corrected chi connectivity index (χ2v) is 5.04. The predicted octanol–water partition coefficient (Wildman–Crippen LogP) is 2.64. The molecule has 1 aliphatic heterocycles. The molecule has 14 heavy (non-hydrogen) atoms. The van der Waals surface area contributed by atoms with Gasteiger partial charge in [0.1, 0.15) is 0 Å². The first-order valence-corrected chi connectivity index (χ1v) is 5.64. The van der Waals surface area contributed by atoms with Gasteiger partial charge in [-0.05, 0) is 25.0 Å². The zero-order valence-electron chi connectivity index (χ0n) is 8.23. The summed E-state index contributed by atoms with van der Waals surface area (Å²) in [5.41, 5.74) is 2.21. The van der Waals surface area contributed by atoms with E-state index in [0.717, 1.165) is 12.0 Å². The fourth-order valence-electron chi connectivity index (χ4n) is 1.70. The smallest absolute Gasteiger partial charge is 0.0870 e. The SMILES string of the molecule is C=C(C)C(O)C1Cc2ccccc2S1. The van der Waals surface area contributed by atoms with Gasteiger partial charge in [0.2, 0.25) is 0 Å². The lowest BCUT2D eigenvalue weighted by Crippen LogP contribution is -2.23. The molecular weight excluding hydrogens is 192 g/mol. The molecule has 1 aliphatic rings. The van der Waals surface area contributed by atoms with E-state index in [1.165, 1.54) is 10.5 Å². The van der Waals surface area contributed by atoms with Crippen LogP contribution in [0, 0.1) is 0 Å². The van der Waals surface area contributed by atoms with Crippen molar-refractivity contribution in [2.45, 2.75) is 29.6 Å². The van der Waals surface area contributed by atoms with Gasteiger partial charge in [-0.15, -0.1) is 11.8 Å². The summed E-state index contributed by atoms with van der Waals surface area (Å²) in [5.74, 6) is 0. The van der Waals surface area contributed by atoms with Gasteiger partial charge in [-0.25, -0.2) is 0 Å². The van der Waals surface area contributed by atoms with Gasteiger partial charge in [0.15, 0.2) is 0 Å². The number of rotatable bonds is 2. The number of hydrogen-bond acceptors (Lipinski definition) is 2. The minimum Gasteiger partial charge on any atom is -0.388 e. The Morgan fingerprint density at radius 3 is 2.93 bits per heavy atom. The maximum atomic E-state index is 9.88. The van der Waals surface area contributed by atoms with Crippen LogP contribution < -0.4 is 0 Å². The highest BCUT2D eigenvalue weighted by Crippen LogP contribution is 2.39. The molecule has 1 nitrogen and oxygen atoms in total. The van der Waals surface area contributed by atoms with Gasteiger partial charge in [0.25, 0.3) is 0 Å². The molecule has 0 aromatic heterocycles. The molecule has 1 heterocycles. The highest BCUT2D eigenvalue weighted by Gasteiger charge is 2.28. The summed E-state index contributed by atoms with van der Waals surface area (Å²) in [7, 11) is 0. The first kappa shape index (κ1) is 9.81. The van der Waals surface area contributed by atoms with Gasteiger partial charge in [0.05, 0.1) is 6.10 Å². The monoisotopic (exact) mass is 206 g/mol. The third kappa shape index (κ3) is 1.72. The molecule has 1 N–H and O–H groups in total. The van der Waals surface area contributed by atoms with Crippen LogP contribution in [0.1, 0.15) is 12.5 Å². The minimum absolute atomic E-state index is 0.255. The second-order valence-electron chi connectivity index (χ2n) is 3.76.